The van der Waals surface area contributed by atoms with Crippen molar-refractivity contribution >= 4 is 22.6 Å². The van der Waals surface area contributed by atoms with Gasteiger partial charge in [-0.3, -0.25) is 9.59 Å². The van der Waals surface area contributed by atoms with Gasteiger partial charge in [0.15, 0.2) is 5.78 Å². The first-order valence-corrected chi connectivity index (χ1v) is 5.46. The van der Waals surface area contributed by atoms with Gasteiger partial charge in [0.25, 0.3) is 5.24 Å². The van der Waals surface area contributed by atoms with E-state index in [4.69, 9.17) is 11.6 Å². The summed E-state index contributed by atoms with van der Waals surface area (Å²) in [7, 11) is 0. The van der Waals surface area contributed by atoms with E-state index >= 15 is 0 Å². The molecule has 0 heterocycles. The van der Waals surface area contributed by atoms with Crippen molar-refractivity contribution in [3.05, 3.63) is 71.3 Å². The number of rotatable bonds is 3. The lowest BCUT2D eigenvalue weighted by Gasteiger charge is -2.01. The molecule has 0 aliphatic rings. The van der Waals surface area contributed by atoms with Crippen molar-refractivity contribution in [2.24, 2.45) is 0 Å². The molecule has 17 heavy (non-hydrogen) atoms. The third kappa shape index (κ3) is 2.60. The van der Waals surface area contributed by atoms with Crippen LogP contribution in [0.15, 0.2) is 54.6 Å². The van der Waals surface area contributed by atoms with Crippen molar-refractivity contribution in [1.29, 1.82) is 0 Å². The molecule has 0 N–H and O–H groups in total. The van der Waals surface area contributed by atoms with Crippen LogP contribution < -0.4 is 0 Å². The number of ketones is 1. The predicted octanol–water partition coefficient (Wildman–Crippen LogP) is 3.30. The van der Waals surface area contributed by atoms with Gasteiger partial charge in [0.05, 0.1) is 0 Å². The molecule has 0 unspecified atom stereocenters. The molecule has 2 rings (SSSR count). The molecule has 0 amide bonds. The summed E-state index contributed by atoms with van der Waals surface area (Å²) in [6.45, 7) is 0. The predicted molar refractivity (Wildman–Crippen MR) is 66.5 cm³/mol. The maximum absolute atomic E-state index is 12.0. The van der Waals surface area contributed by atoms with Crippen LogP contribution >= 0.6 is 11.6 Å². The smallest absolute Gasteiger partial charge is 0.252 e. The van der Waals surface area contributed by atoms with E-state index in [0.29, 0.717) is 16.7 Å². The summed E-state index contributed by atoms with van der Waals surface area (Å²) in [6.07, 6.45) is 0. The minimum atomic E-state index is -0.524. The second-order valence-corrected chi connectivity index (χ2v) is 3.89. The van der Waals surface area contributed by atoms with Gasteiger partial charge in [0.2, 0.25) is 0 Å². The Bertz CT molecular complexity index is 544. The third-order valence-electron chi connectivity index (χ3n) is 2.41. The molecule has 2 nitrogen and oxygen atoms in total. The second kappa shape index (κ2) is 4.93. The van der Waals surface area contributed by atoms with Gasteiger partial charge in [-0.1, -0.05) is 42.5 Å². The van der Waals surface area contributed by atoms with Crippen molar-refractivity contribution in [3.63, 3.8) is 0 Å². The molecule has 0 aromatic heterocycles. The molecule has 0 radical (unpaired) electrons. The van der Waals surface area contributed by atoms with E-state index < -0.39 is 5.24 Å². The normalized spacial score (nSPS) is 9.94. The number of halogens is 1. The molecule has 0 atom stereocenters. The van der Waals surface area contributed by atoms with Gasteiger partial charge in [-0.25, -0.2) is 0 Å². The first-order chi connectivity index (χ1) is 8.18. The fourth-order valence-corrected chi connectivity index (χ4v) is 1.63. The van der Waals surface area contributed by atoms with Gasteiger partial charge in [-0.15, -0.1) is 0 Å². The van der Waals surface area contributed by atoms with Crippen LogP contribution in [0.4, 0.5) is 0 Å². The average molecular weight is 247 g/mol. The molecule has 0 aliphatic heterocycles. The molecular weight excluding hydrogens is 238 g/mol. The van der Waals surface area contributed by atoms with Crippen molar-refractivity contribution in [1.82, 2.24) is 0 Å². The first-order valence-electron chi connectivity index (χ1n) is 5.08. The van der Waals surface area contributed by atoms with Crippen LogP contribution in [0.5, 0.6) is 0 Å². The van der Waals surface area contributed by atoms with E-state index in [0.717, 1.165) is 0 Å². The Morgan fingerprint density at radius 2 is 1.41 bits per heavy atom. The van der Waals surface area contributed by atoms with Crippen LogP contribution in [0, 0.1) is 0 Å². The van der Waals surface area contributed by atoms with Crippen LogP contribution in [0.1, 0.15) is 26.3 Å². The maximum Gasteiger partial charge on any atom is 0.252 e. The van der Waals surface area contributed by atoms with E-state index in [-0.39, 0.29) is 5.78 Å². The van der Waals surface area contributed by atoms with Crippen molar-refractivity contribution in [2.45, 2.75) is 0 Å². The van der Waals surface area contributed by atoms with E-state index in [2.05, 4.69) is 0 Å². The Kier molecular flexibility index (Phi) is 3.35. The summed E-state index contributed by atoms with van der Waals surface area (Å²) < 4.78 is 0. The zero-order chi connectivity index (χ0) is 12.3. The zero-order valence-electron chi connectivity index (χ0n) is 8.89. The van der Waals surface area contributed by atoms with Crippen LogP contribution in [0.2, 0.25) is 0 Å². The van der Waals surface area contributed by atoms with Gasteiger partial charge in [-0.2, -0.15) is 0 Å². The quantitative estimate of drug-likeness (QED) is 0.615. The lowest BCUT2D eigenvalue weighted by molar-refractivity contribution is 0.103. The topological polar surface area (TPSA) is 34.1 Å². The summed E-state index contributed by atoms with van der Waals surface area (Å²) in [4.78, 5) is 22.9. The lowest BCUT2D eigenvalue weighted by atomic mass is 10.2. The molecule has 84 valence electrons. The average Bonchev–Trinajstić information content (AvgIpc) is 2.39. The summed E-state index contributed by atoms with van der Waals surface area (Å²) in [5, 5.41) is -0.524. The maximum atomic E-state index is 12.0. The van der Waals surface area contributed by atoms with E-state index in [1.54, 1.807) is 36.4 Å². The highest BCUT2D eigenvalue weighted by Gasteiger charge is 2.09. The molecule has 2 aromatic rings. The van der Waals surface area contributed by atoms with Gasteiger partial charge in [-0.05, 0) is 23.7 Å². The molecule has 0 spiro atoms. The third-order valence-corrected chi connectivity index (χ3v) is 2.63. The largest absolute Gasteiger partial charge is 0.289 e. The summed E-state index contributed by atoms with van der Waals surface area (Å²) in [6, 6.07) is 15.3. The van der Waals surface area contributed by atoms with Gasteiger partial charge in [0, 0.05) is 16.7 Å². The SMILES string of the molecule is O=C(Cl)c1ccc([14C](=O)c2ccccc2)cc1. The molecule has 2 aromatic carbocycles. The van der Waals surface area contributed by atoms with E-state index in [9.17, 15) is 9.59 Å². The summed E-state index contributed by atoms with van der Waals surface area (Å²) >= 11 is 5.33. The first kappa shape index (κ1) is 11.6. The van der Waals surface area contributed by atoms with Crippen LogP contribution in [-0.2, 0) is 0 Å². The second-order valence-electron chi connectivity index (χ2n) is 3.55. The highest BCUT2D eigenvalue weighted by molar-refractivity contribution is 6.67. The molecule has 0 fully saturated rings. The minimum Gasteiger partial charge on any atom is -0.289 e. The van der Waals surface area contributed by atoms with Crippen LogP contribution in [0.3, 0.4) is 0 Å². The standard InChI is InChI=1S/C14H9ClO2/c15-14(17)12-8-6-11(7-9-12)13(16)10-4-2-1-3-5-10/h1-9H/i13+2. The van der Waals surface area contributed by atoms with E-state index in [1.807, 2.05) is 18.2 Å². The van der Waals surface area contributed by atoms with Gasteiger partial charge >= 0.3 is 0 Å². The Labute approximate surface area is 104 Å². The van der Waals surface area contributed by atoms with Gasteiger partial charge in [0.1, 0.15) is 0 Å². The number of benzene rings is 2. The fraction of sp³-hybridized carbons (Fsp3) is 0. The number of carbonyl (C=O) groups is 2. The fourth-order valence-electron chi connectivity index (χ4n) is 1.51. The number of hydrogen-bond acceptors (Lipinski definition) is 2. The molecule has 0 saturated heterocycles. The van der Waals surface area contributed by atoms with Gasteiger partial charge < -0.3 is 0 Å². The monoisotopic (exact) mass is 246 g/mol. The Hall–Kier alpha value is -1.93. The van der Waals surface area contributed by atoms with Crippen LogP contribution in [0.25, 0.3) is 0 Å². The van der Waals surface area contributed by atoms with Crippen molar-refractivity contribution in [3.8, 4) is 0 Å². The molecule has 0 bridgehead atoms. The Morgan fingerprint density at radius 1 is 0.882 bits per heavy atom. The Balaban J connectivity index is 2.30. The van der Waals surface area contributed by atoms with E-state index in [1.165, 1.54) is 0 Å². The molecule has 0 saturated carbocycles. The lowest BCUT2D eigenvalue weighted by Crippen LogP contribution is -2.01. The summed E-state index contributed by atoms with van der Waals surface area (Å²) in [5.41, 5.74) is 1.55. The summed E-state index contributed by atoms with van der Waals surface area (Å²) in [5.74, 6) is -0.0702. The highest BCUT2D eigenvalue weighted by Crippen LogP contribution is 2.12. The number of hydrogen-bond donors (Lipinski definition) is 0. The molecular formula is C14H9ClO2. The minimum absolute atomic E-state index is 0.0702. The zero-order valence-corrected chi connectivity index (χ0v) is 9.65. The number of carbonyl (C=O) groups excluding carboxylic acids is 2. The van der Waals surface area contributed by atoms with Crippen molar-refractivity contribution in [2.75, 3.05) is 0 Å². The highest BCUT2D eigenvalue weighted by atomic mass is 35.5. The van der Waals surface area contributed by atoms with Crippen LogP contribution in [-0.4, -0.2) is 11.0 Å². The van der Waals surface area contributed by atoms with Crippen molar-refractivity contribution < 1.29 is 9.59 Å². The molecule has 0 aliphatic carbocycles. The molecule has 3 heteroatoms. The Morgan fingerprint density at radius 3 is 1.94 bits per heavy atom.